The van der Waals surface area contributed by atoms with Gasteiger partial charge in [0.15, 0.2) is 0 Å². The Balaban J connectivity index is 1.96. The Hall–Kier alpha value is -2.82. The smallest absolute Gasteiger partial charge is 0.240 e. The van der Waals surface area contributed by atoms with Gasteiger partial charge in [0.1, 0.15) is 11.5 Å². The molecule has 3 rings (SSSR count). The summed E-state index contributed by atoms with van der Waals surface area (Å²) in [6.07, 6.45) is 0.559. The molecule has 118 valence electrons. The normalized spacial score (nSPS) is 17.0. The van der Waals surface area contributed by atoms with E-state index in [-0.39, 0.29) is 17.7 Å². The molecule has 5 heteroatoms. The first-order valence-corrected chi connectivity index (χ1v) is 7.39. The van der Waals surface area contributed by atoms with Gasteiger partial charge in [-0.05, 0) is 17.7 Å². The lowest BCUT2D eigenvalue weighted by molar-refractivity contribution is -0.130. The van der Waals surface area contributed by atoms with Gasteiger partial charge in [-0.2, -0.15) is 5.10 Å². The fourth-order valence-corrected chi connectivity index (χ4v) is 2.78. The minimum Gasteiger partial charge on any atom is -0.507 e. The first kappa shape index (κ1) is 15.1. The summed E-state index contributed by atoms with van der Waals surface area (Å²) >= 11 is 0. The van der Waals surface area contributed by atoms with Crippen molar-refractivity contribution < 1.29 is 14.6 Å². The molecule has 0 spiro atoms. The van der Waals surface area contributed by atoms with Gasteiger partial charge >= 0.3 is 0 Å². The minimum absolute atomic E-state index is 0.0975. The van der Waals surface area contributed by atoms with Crippen molar-refractivity contribution in [2.24, 2.45) is 5.10 Å². The zero-order valence-electron chi connectivity index (χ0n) is 13.1. The van der Waals surface area contributed by atoms with E-state index >= 15 is 0 Å². The van der Waals surface area contributed by atoms with Crippen molar-refractivity contribution in [3.63, 3.8) is 0 Å². The number of phenols is 1. The lowest BCUT2D eigenvalue weighted by atomic mass is 9.98. The van der Waals surface area contributed by atoms with Crippen molar-refractivity contribution in [3.8, 4) is 11.5 Å². The Kier molecular flexibility index (Phi) is 4.02. The van der Waals surface area contributed by atoms with Gasteiger partial charge in [-0.3, -0.25) is 4.79 Å². The van der Waals surface area contributed by atoms with Crippen LogP contribution in [0.5, 0.6) is 11.5 Å². The van der Waals surface area contributed by atoms with Crippen LogP contribution in [0.2, 0.25) is 0 Å². The number of carbonyl (C=O) groups excluding carboxylic acids is 1. The van der Waals surface area contributed by atoms with Crippen LogP contribution < -0.4 is 4.74 Å². The maximum Gasteiger partial charge on any atom is 0.240 e. The summed E-state index contributed by atoms with van der Waals surface area (Å²) in [6, 6.07) is 14.7. The molecular formula is C18H18N2O3. The molecule has 1 aliphatic heterocycles. The SMILES string of the molecule is COc1ccc(C2=NN(C(C)=O)C(c3ccccc3)C2)c(O)c1. The minimum atomic E-state index is -0.148. The molecule has 2 aromatic rings. The third kappa shape index (κ3) is 2.90. The van der Waals surface area contributed by atoms with Gasteiger partial charge in [0.25, 0.3) is 0 Å². The van der Waals surface area contributed by atoms with E-state index in [0.29, 0.717) is 23.4 Å². The van der Waals surface area contributed by atoms with Crippen molar-refractivity contribution in [1.82, 2.24) is 5.01 Å². The van der Waals surface area contributed by atoms with Crippen molar-refractivity contribution in [2.45, 2.75) is 19.4 Å². The summed E-state index contributed by atoms with van der Waals surface area (Å²) in [6.45, 7) is 1.50. The predicted octanol–water partition coefficient (Wildman–Crippen LogP) is 3.10. The van der Waals surface area contributed by atoms with Gasteiger partial charge in [0, 0.05) is 25.0 Å². The van der Waals surface area contributed by atoms with E-state index in [1.54, 1.807) is 25.3 Å². The van der Waals surface area contributed by atoms with Crippen LogP contribution in [-0.2, 0) is 4.79 Å². The van der Waals surface area contributed by atoms with Crippen LogP contribution in [-0.4, -0.2) is 28.8 Å². The molecule has 1 atom stereocenters. The predicted molar refractivity (Wildman–Crippen MR) is 87.5 cm³/mol. The summed E-state index contributed by atoms with van der Waals surface area (Å²) in [5, 5.41) is 16.1. The first-order valence-electron chi connectivity index (χ1n) is 7.39. The van der Waals surface area contributed by atoms with E-state index in [0.717, 1.165) is 5.56 Å². The molecule has 0 bridgehead atoms. The molecule has 23 heavy (non-hydrogen) atoms. The van der Waals surface area contributed by atoms with Gasteiger partial charge in [-0.15, -0.1) is 0 Å². The second-order valence-corrected chi connectivity index (χ2v) is 5.42. The van der Waals surface area contributed by atoms with E-state index in [4.69, 9.17) is 4.74 Å². The van der Waals surface area contributed by atoms with Gasteiger partial charge in [-0.1, -0.05) is 30.3 Å². The number of hydrogen-bond acceptors (Lipinski definition) is 4. The van der Waals surface area contributed by atoms with E-state index in [1.165, 1.54) is 11.9 Å². The summed E-state index contributed by atoms with van der Waals surface area (Å²) in [7, 11) is 1.55. The Labute approximate surface area is 134 Å². The van der Waals surface area contributed by atoms with Crippen LogP contribution >= 0.6 is 0 Å². The standard InChI is InChI=1S/C18H18N2O3/c1-12(21)20-17(13-6-4-3-5-7-13)11-16(19-20)15-9-8-14(23-2)10-18(15)22/h3-10,17,22H,11H2,1-2H3. The van der Waals surface area contributed by atoms with E-state index in [1.807, 2.05) is 30.3 Å². The number of carbonyl (C=O) groups is 1. The molecule has 1 heterocycles. The molecule has 0 saturated heterocycles. The van der Waals surface area contributed by atoms with E-state index in [2.05, 4.69) is 5.10 Å². The first-order chi connectivity index (χ1) is 11.1. The number of ether oxygens (including phenoxy) is 1. The van der Waals surface area contributed by atoms with Crippen LogP contribution in [0.1, 0.15) is 30.5 Å². The number of aromatic hydroxyl groups is 1. The number of methoxy groups -OCH3 is 1. The fourth-order valence-electron chi connectivity index (χ4n) is 2.78. The highest BCUT2D eigenvalue weighted by molar-refractivity contribution is 6.05. The van der Waals surface area contributed by atoms with E-state index in [9.17, 15) is 9.90 Å². The van der Waals surface area contributed by atoms with Crippen LogP contribution in [0.4, 0.5) is 0 Å². The quantitative estimate of drug-likeness (QED) is 0.947. The van der Waals surface area contributed by atoms with Crippen molar-refractivity contribution >= 4 is 11.6 Å². The second kappa shape index (κ2) is 6.12. The van der Waals surface area contributed by atoms with Gasteiger partial charge < -0.3 is 9.84 Å². The summed E-state index contributed by atoms with van der Waals surface area (Å²) in [5.74, 6) is 0.551. The molecule has 0 aromatic heterocycles. The van der Waals surface area contributed by atoms with Crippen LogP contribution in [0.15, 0.2) is 53.6 Å². The lowest BCUT2D eigenvalue weighted by Crippen LogP contribution is -2.24. The van der Waals surface area contributed by atoms with Crippen LogP contribution in [0, 0.1) is 0 Å². The lowest BCUT2D eigenvalue weighted by Gasteiger charge is -2.20. The molecule has 1 aliphatic rings. The molecule has 1 N–H and O–H groups in total. The molecule has 0 aliphatic carbocycles. The van der Waals surface area contributed by atoms with Crippen LogP contribution in [0.25, 0.3) is 0 Å². The second-order valence-electron chi connectivity index (χ2n) is 5.42. The molecule has 0 fully saturated rings. The zero-order valence-corrected chi connectivity index (χ0v) is 13.1. The summed E-state index contributed by atoms with van der Waals surface area (Å²) in [5.41, 5.74) is 2.33. The molecule has 2 aromatic carbocycles. The number of benzene rings is 2. The Bertz CT molecular complexity index is 756. The fraction of sp³-hybridized carbons (Fsp3) is 0.222. The third-order valence-electron chi connectivity index (χ3n) is 3.93. The van der Waals surface area contributed by atoms with Gasteiger partial charge in [0.2, 0.25) is 5.91 Å². The van der Waals surface area contributed by atoms with Crippen molar-refractivity contribution in [2.75, 3.05) is 7.11 Å². The molecular weight excluding hydrogens is 292 g/mol. The number of nitrogens with zero attached hydrogens (tertiary/aromatic N) is 2. The van der Waals surface area contributed by atoms with E-state index < -0.39 is 0 Å². The summed E-state index contributed by atoms with van der Waals surface area (Å²) < 4.78 is 5.10. The average molecular weight is 310 g/mol. The molecule has 1 unspecified atom stereocenters. The Morgan fingerprint density at radius 3 is 2.61 bits per heavy atom. The molecule has 1 amide bonds. The third-order valence-corrected chi connectivity index (χ3v) is 3.93. The van der Waals surface area contributed by atoms with Crippen LogP contribution in [0.3, 0.4) is 0 Å². The zero-order chi connectivity index (χ0) is 16.4. The van der Waals surface area contributed by atoms with Gasteiger partial charge in [0.05, 0.1) is 18.9 Å². The average Bonchev–Trinajstić information content (AvgIpc) is 3.00. The maximum absolute atomic E-state index is 11.9. The molecule has 0 saturated carbocycles. The maximum atomic E-state index is 11.9. The Morgan fingerprint density at radius 2 is 2.00 bits per heavy atom. The molecule has 0 radical (unpaired) electrons. The molecule has 5 nitrogen and oxygen atoms in total. The van der Waals surface area contributed by atoms with Gasteiger partial charge in [-0.25, -0.2) is 5.01 Å². The summed E-state index contributed by atoms with van der Waals surface area (Å²) in [4.78, 5) is 11.9. The number of rotatable bonds is 3. The number of hydrazone groups is 1. The number of hydrogen-bond donors (Lipinski definition) is 1. The largest absolute Gasteiger partial charge is 0.507 e. The monoisotopic (exact) mass is 310 g/mol. The highest BCUT2D eigenvalue weighted by Crippen LogP contribution is 2.35. The highest BCUT2D eigenvalue weighted by atomic mass is 16.5. The van der Waals surface area contributed by atoms with Crippen molar-refractivity contribution in [1.29, 1.82) is 0 Å². The van der Waals surface area contributed by atoms with Crippen molar-refractivity contribution in [3.05, 3.63) is 59.7 Å². The topological polar surface area (TPSA) is 62.1 Å². The number of amides is 1. The Morgan fingerprint density at radius 1 is 1.26 bits per heavy atom. The highest BCUT2D eigenvalue weighted by Gasteiger charge is 2.32. The number of phenolic OH excluding ortho intramolecular Hbond substituents is 1.